The van der Waals surface area contributed by atoms with E-state index in [0.717, 1.165) is 12.0 Å². The van der Waals surface area contributed by atoms with Gasteiger partial charge >= 0.3 is 0 Å². The third kappa shape index (κ3) is 1.53. The molecule has 0 aromatic carbocycles. The minimum atomic E-state index is 0.168. The summed E-state index contributed by atoms with van der Waals surface area (Å²) in [5.41, 5.74) is 1.99. The fourth-order valence-corrected chi connectivity index (χ4v) is 1.85. The second kappa shape index (κ2) is 3.15. The van der Waals surface area contributed by atoms with E-state index in [9.17, 15) is 9.59 Å². The molecule has 66 valence electrons. The highest BCUT2D eigenvalue weighted by Crippen LogP contribution is 2.32. The molecule has 2 heteroatoms. The molecule has 0 saturated heterocycles. The molecule has 0 heterocycles. The van der Waals surface area contributed by atoms with E-state index >= 15 is 0 Å². The lowest BCUT2D eigenvalue weighted by Gasteiger charge is -2.23. The van der Waals surface area contributed by atoms with Crippen molar-refractivity contribution in [1.82, 2.24) is 0 Å². The van der Waals surface area contributed by atoms with Gasteiger partial charge in [0.1, 0.15) is 5.94 Å². The van der Waals surface area contributed by atoms with E-state index in [1.807, 2.05) is 18.1 Å². The first-order valence-corrected chi connectivity index (χ1v) is 4.42. The highest BCUT2D eigenvalue weighted by atomic mass is 16.1. The highest BCUT2D eigenvalue weighted by molar-refractivity contribution is 5.93. The number of fused-ring (bicyclic) bond motifs is 1. The van der Waals surface area contributed by atoms with E-state index in [0.29, 0.717) is 12.8 Å². The molecule has 2 aliphatic carbocycles. The SMILES string of the molecule is O=C=C1CC=C2CC(=O)C=CC2C1. The van der Waals surface area contributed by atoms with Crippen LogP contribution in [-0.4, -0.2) is 11.7 Å². The summed E-state index contributed by atoms with van der Waals surface area (Å²) in [5.74, 6) is 2.40. The van der Waals surface area contributed by atoms with Crippen LogP contribution in [0, 0.1) is 5.92 Å². The quantitative estimate of drug-likeness (QED) is 0.413. The number of allylic oxidation sites excluding steroid dienone is 5. The van der Waals surface area contributed by atoms with Gasteiger partial charge in [0.05, 0.1) is 0 Å². The fraction of sp³-hybridized carbons (Fsp3) is 0.364. The lowest BCUT2D eigenvalue weighted by atomic mass is 9.80. The maximum absolute atomic E-state index is 11.1. The van der Waals surface area contributed by atoms with Crippen molar-refractivity contribution in [3.8, 4) is 0 Å². The van der Waals surface area contributed by atoms with Crippen molar-refractivity contribution in [3.05, 3.63) is 29.4 Å². The summed E-state index contributed by atoms with van der Waals surface area (Å²) in [7, 11) is 0. The number of hydrogen-bond donors (Lipinski definition) is 0. The van der Waals surface area contributed by atoms with Gasteiger partial charge in [0.25, 0.3) is 0 Å². The molecular formula is C11H10O2. The van der Waals surface area contributed by atoms with Gasteiger partial charge < -0.3 is 0 Å². The predicted octanol–water partition coefficient (Wildman–Crippen LogP) is 1.61. The molecule has 2 aliphatic rings. The Morgan fingerprint density at radius 2 is 2.31 bits per heavy atom. The Kier molecular flexibility index (Phi) is 1.99. The molecule has 0 N–H and O–H groups in total. The van der Waals surface area contributed by atoms with Gasteiger partial charge in [-0.2, -0.15) is 0 Å². The molecule has 2 rings (SSSR count). The lowest BCUT2D eigenvalue weighted by Crippen LogP contribution is -2.15. The first kappa shape index (κ1) is 8.21. The van der Waals surface area contributed by atoms with Gasteiger partial charge in [-0.15, -0.1) is 0 Å². The highest BCUT2D eigenvalue weighted by Gasteiger charge is 2.23. The summed E-state index contributed by atoms with van der Waals surface area (Å²) in [6.45, 7) is 0. The first-order valence-electron chi connectivity index (χ1n) is 4.42. The molecule has 0 amide bonds. The van der Waals surface area contributed by atoms with Gasteiger partial charge in [0, 0.05) is 17.9 Å². The van der Waals surface area contributed by atoms with Gasteiger partial charge in [-0.3, -0.25) is 4.79 Å². The molecule has 2 nitrogen and oxygen atoms in total. The fourth-order valence-electron chi connectivity index (χ4n) is 1.85. The van der Waals surface area contributed by atoms with Crippen LogP contribution in [0.1, 0.15) is 19.3 Å². The standard InChI is InChI=1S/C11H10O2/c12-7-8-1-2-10-6-11(13)4-3-9(10)5-8/h2-4,9H,1,5-6H2. The molecule has 13 heavy (non-hydrogen) atoms. The van der Waals surface area contributed by atoms with E-state index < -0.39 is 0 Å². The van der Waals surface area contributed by atoms with Crippen LogP contribution in [0.4, 0.5) is 0 Å². The molecule has 0 bridgehead atoms. The largest absolute Gasteiger partial charge is 0.295 e. The van der Waals surface area contributed by atoms with Crippen molar-refractivity contribution in [1.29, 1.82) is 0 Å². The van der Waals surface area contributed by atoms with Gasteiger partial charge in [0.2, 0.25) is 0 Å². The van der Waals surface area contributed by atoms with Crippen molar-refractivity contribution in [3.63, 3.8) is 0 Å². The third-order valence-corrected chi connectivity index (χ3v) is 2.59. The van der Waals surface area contributed by atoms with Crippen molar-refractivity contribution in [2.24, 2.45) is 5.92 Å². The summed E-state index contributed by atoms with van der Waals surface area (Å²) in [6.07, 6.45) is 7.47. The monoisotopic (exact) mass is 174 g/mol. The van der Waals surface area contributed by atoms with Crippen LogP contribution in [0.2, 0.25) is 0 Å². The van der Waals surface area contributed by atoms with Crippen molar-refractivity contribution in [2.45, 2.75) is 19.3 Å². The zero-order chi connectivity index (χ0) is 9.26. The van der Waals surface area contributed by atoms with Crippen LogP contribution in [-0.2, 0) is 9.59 Å². The van der Waals surface area contributed by atoms with Crippen LogP contribution in [0.15, 0.2) is 29.4 Å². The molecule has 0 spiro atoms. The molecule has 0 aliphatic heterocycles. The molecule has 1 atom stereocenters. The van der Waals surface area contributed by atoms with E-state index in [4.69, 9.17) is 0 Å². The lowest BCUT2D eigenvalue weighted by molar-refractivity contribution is -0.114. The molecule has 0 aromatic rings. The van der Waals surface area contributed by atoms with E-state index in [2.05, 4.69) is 0 Å². The average Bonchev–Trinajstić information content (AvgIpc) is 2.17. The normalized spacial score (nSPS) is 26.5. The van der Waals surface area contributed by atoms with Crippen molar-refractivity contribution >= 4 is 11.7 Å². The second-order valence-electron chi connectivity index (χ2n) is 3.50. The van der Waals surface area contributed by atoms with Gasteiger partial charge in [-0.25, -0.2) is 4.79 Å². The predicted molar refractivity (Wildman–Crippen MR) is 48.8 cm³/mol. The molecule has 0 aromatic heterocycles. The minimum absolute atomic E-state index is 0.168. The number of carbonyl (C=O) groups excluding carboxylic acids is 2. The molecule has 0 fully saturated rings. The molecule has 0 saturated carbocycles. The van der Waals surface area contributed by atoms with Crippen LogP contribution in [0.25, 0.3) is 0 Å². The summed E-state index contributed by atoms with van der Waals surface area (Å²) < 4.78 is 0. The Morgan fingerprint density at radius 3 is 3.08 bits per heavy atom. The van der Waals surface area contributed by atoms with Crippen molar-refractivity contribution in [2.75, 3.05) is 0 Å². The van der Waals surface area contributed by atoms with E-state index in [1.54, 1.807) is 6.08 Å². The Morgan fingerprint density at radius 1 is 1.46 bits per heavy atom. The second-order valence-corrected chi connectivity index (χ2v) is 3.50. The van der Waals surface area contributed by atoms with Crippen molar-refractivity contribution < 1.29 is 9.59 Å². The Labute approximate surface area is 76.6 Å². The molecular weight excluding hydrogens is 164 g/mol. The minimum Gasteiger partial charge on any atom is -0.295 e. The summed E-state index contributed by atoms with van der Waals surface area (Å²) >= 11 is 0. The van der Waals surface area contributed by atoms with Gasteiger partial charge in [0.15, 0.2) is 5.78 Å². The van der Waals surface area contributed by atoms with Crippen LogP contribution < -0.4 is 0 Å². The number of ketones is 1. The summed E-state index contributed by atoms with van der Waals surface area (Å²) in [4.78, 5) is 21.5. The van der Waals surface area contributed by atoms with E-state index in [1.165, 1.54) is 5.57 Å². The third-order valence-electron chi connectivity index (χ3n) is 2.59. The smallest absolute Gasteiger partial charge is 0.159 e. The molecule has 1 unspecified atom stereocenters. The Balaban J connectivity index is 2.29. The topological polar surface area (TPSA) is 34.1 Å². The zero-order valence-electron chi connectivity index (χ0n) is 7.25. The summed E-state index contributed by atoms with van der Waals surface area (Å²) in [5, 5.41) is 0. The van der Waals surface area contributed by atoms with Gasteiger partial charge in [-0.05, 0) is 18.9 Å². The Bertz CT molecular complexity index is 354. The van der Waals surface area contributed by atoms with E-state index in [-0.39, 0.29) is 11.7 Å². The number of rotatable bonds is 0. The maximum atomic E-state index is 11.1. The number of hydrogen-bond acceptors (Lipinski definition) is 2. The maximum Gasteiger partial charge on any atom is 0.159 e. The number of carbonyl (C=O) groups is 1. The van der Waals surface area contributed by atoms with Crippen LogP contribution in [0.5, 0.6) is 0 Å². The van der Waals surface area contributed by atoms with Crippen LogP contribution >= 0.6 is 0 Å². The zero-order valence-corrected chi connectivity index (χ0v) is 7.25. The summed E-state index contributed by atoms with van der Waals surface area (Å²) in [6, 6.07) is 0. The Hall–Kier alpha value is -1.40. The average molecular weight is 174 g/mol. The van der Waals surface area contributed by atoms with Crippen LogP contribution in [0.3, 0.4) is 0 Å². The van der Waals surface area contributed by atoms with Gasteiger partial charge in [-0.1, -0.05) is 17.7 Å². The molecule has 0 radical (unpaired) electrons. The first-order chi connectivity index (χ1) is 6.29.